The number of aromatic nitrogens is 2. The SMILES string of the molecule is CCS(=O)(=O)c1ccc(-c2ccc(NS(=O)(=O)c3ccc(OC)c(C)c3)cc2)nn1. The Bertz CT molecular complexity index is 1250. The van der Waals surface area contributed by atoms with Gasteiger partial charge in [0.15, 0.2) is 14.9 Å². The van der Waals surface area contributed by atoms with Gasteiger partial charge in [-0.25, -0.2) is 16.8 Å². The zero-order valence-electron chi connectivity index (χ0n) is 16.7. The fraction of sp³-hybridized carbons (Fsp3) is 0.200. The maximum Gasteiger partial charge on any atom is 0.261 e. The van der Waals surface area contributed by atoms with Crippen LogP contribution in [0.5, 0.6) is 5.75 Å². The molecule has 3 aromatic rings. The number of ether oxygens (including phenoxy) is 1. The molecular formula is C20H21N3O5S2. The van der Waals surface area contributed by atoms with Crippen LogP contribution in [0.25, 0.3) is 11.3 Å². The molecule has 158 valence electrons. The topological polar surface area (TPSA) is 115 Å². The van der Waals surface area contributed by atoms with E-state index in [1.165, 1.54) is 32.2 Å². The minimum atomic E-state index is -3.76. The van der Waals surface area contributed by atoms with Crippen LogP contribution < -0.4 is 9.46 Å². The maximum atomic E-state index is 12.6. The fourth-order valence-electron chi connectivity index (χ4n) is 2.73. The molecule has 0 spiro atoms. The summed E-state index contributed by atoms with van der Waals surface area (Å²) in [5.74, 6) is 0.556. The highest BCUT2D eigenvalue weighted by atomic mass is 32.2. The Morgan fingerprint density at radius 2 is 1.63 bits per heavy atom. The number of hydrogen-bond acceptors (Lipinski definition) is 7. The molecule has 3 rings (SSSR count). The molecule has 0 saturated heterocycles. The molecule has 1 aromatic heterocycles. The second kappa shape index (κ2) is 8.41. The van der Waals surface area contributed by atoms with E-state index in [0.29, 0.717) is 28.3 Å². The molecule has 0 atom stereocenters. The van der Waals surface area contributed by atoms with Crippen molar-refractivity contribution in [2.24, 2.45) is 0 Å². The number of sulfonamides is 1. The lowest BCUT2D eigenvalue weighted by Gasteiger charge is -2.11. The Morgan fingerprint density at radius 1 is 0.933 bits per heavy atom. The van der Waals surface area contributed by atoms with E-state index in [1.54, 1.807) is 43.3 Å². The van der Waals surface area contributed by atoms with Crippen LogP contribution in [-0.4, -0.2) is 39.9 Å². The Morgan fingerprint density at radius 3 is 2.17 bits per heavy atom. The lowest BCUT2D eigenvalue weighted by atomic mass is 10.1. The first-order valence-electron chi connectivity index (χ1n) is 9.00. The molecule has 0 saturated carbocycles. The zero-order valence-corrected chi connectivity index (χ0v) is 18.3. The lowest BCUT2D eigenvalue weighted by molar-refractivity contribution is 0.411. The summed E-state index contributed by atoms with van der Waals surface area (Å²) < 4.78 is 56.6. The summed E-state index contributed by atoms with van der Waals surface area (Å²) >= 11 is 0. The van der Waals surface area contributed by atoms with Gasteiger partial charge in [-0.3, -0.25) is 4.72 Å². The Labute approximate surface area is 175 Å². The van der Waals surface area contributed by atoms with E-state index < -0.39 is 19.9 Å². The molecule has 1 N–H and O–H groups in total. The predicted octanol–water partition coefficient (Wildman–Crippen LogP) is 3.06. The van der Waals surface area contributed by atoms with E-state index in [0.717, 1.165) is 0 Å². The van der Waals surface area contributed by atoms with Crippen LogP contribution in [0.1, 0.15) is 12.5 Å². The average molecular weight is 448 g/mol. The van der Waals surface area contributed by atoms with Crippen molar-refractivity contribution in [3.63, 3.8) is 0 Å². The Balaban J connectivity index is 1.79. The third-order valence-corrected chi connectivity index (χ3v) is 7.44. The van der Waals surface area contributed by atoms with E-state index in [-0.39, 0.29) is 15.7 Å². The summed E-state index contributed by atoms with van der Waals surface area (Å²) in [5, 5.41) is 7.67. The maximum absolute atomic E-state index is 12.6. The third-order valence-electron chi connectivity index (χ3n) is 4.45. The van der Waals surface area contributed by atoms with Crippen LogP contribution in [0.4, 0.5) is 5.69 Å². The van der Waals surface area contributed by atoms with Gasteiger partial charge in [0.2, 0.25) is 0 Å². The van der Waals surface area contributed by atoms with Crippen molar-refractivity contribution >= 4 is 25.5 Å². The van der Waals surface area contributed by atoms with Crippen molar-refractivity contribution in [3.05, 3.63) is 60.2 Å². The highest BCUT2D eigenvalue weighted by molar-refractivity contribution is 7.92. The molecule has 30 heavy (non-hydrogen) atoms. The van der Waals surface area contributed by atoms with E-state index >= 15 is 0 Å². The van der Waals surface area contributed by atoms with Crippen LogP contribution in [0, 0.1) is 6.92 Å². The fourth-order valence-corrected chi connectivity index (χ4v) is 4.61. The second-order valence-corrected chi connectivity index (χ2v) is 10.4. The van der Waals surface area contributed by atoms with Gasteiger partial charge in [-0.05, 0) is 55.0 Å². The van der Waals surface area contributed by atoms with Crippen molar-refractivity contribution < 1.29 is 21.6 Å². The van der Waals surface area contributed by atoms with Crippen molar-refractivity contribution in [1.29, 1.82) is 0 Å². The van der Waals surface area contributed by atoms with E-state index in [4.69, 9.17) is 4.74 Å². The molecule has 0 amide bonds. The summed E-state index contributed by atoms with van der Waals surface area (Å²) in [6.45, 7) is 3.31. The molecule has 2 aromatic carbocycles. The Hall–Kier alpha value is -2.98. The average Bonchev–Trinajstić information content (AvgIpc) is 2.74. The van der Waals surface area contributed by atoms with Crippen LogP contribution in [0.2, 0.25) is 0 Å². The number of nitrogens with one attached hydrogen (secondary N) is 1. The molecule has 10 heteroatoms. The normalized spacial score (nSPS) is 11.8. The van der Waals surface area contributed by atoms with Crippen LogP contribution in [0.15, 0.2) is 64.5 Å². The highest BCUT2D eigenvalue weighted by Crippen LogP contribution is 2.25. The van der Waals surface area contributed by atoms with Crippen molar-refractivity contribution in [2.45, 2.75) is 23.8 Å². The van der Waals surface area contributed by atoms with Gasteiger partial charge in [-0.2, -0.15) is 0 Å². The molecule has 0 radical (unpaired) electrons. The lowest BCUT2D eigenvalue weighted by Crippen LogP contribution is -2.13. The third kappa shape index (κ3) is 4.60. The standard InChI is InChI=1S/C20H21N3O5S2/c1-4-29(24,25)20-12-10-18(21-22-20)15-5-7-16(8-6-15)23-30(26,27)17-9-11-19(28-3)14(2)13-17/h5-13,23H,4H2,1-3H3. The van der Waals surface area contributed by atoms with Gasteiger partial charge >= 0.3 is 0 Å². The van der Waals surface area contributed by atoms with Gasteiger partial charge < -0.3 is 4.74 Å². The quantitative estimate of drug-likeness (QED) is 0.592. The first-order valence-corrected chi connectivity index (χ1v) is 12.1. The van der Waals surface area contributed by atoms with Crippen molar-refractivity contribution in [2.75, 3.05) is 17.6 Å². The molecule has 8 nitrogen and oxygen atoms in total. The van der Waals surface area contributed by atoms with Crippen molar-refractivity contribution in [3.8, 4) is 17.0 Å². The van der Waals surface area contributed by atoms with E-state index in [1.807, 2.05) is 0 Å². The molecule has 0 bridgehead atoms. The second-order valence-electron chi connectivity index (χ2n) is 6.47. The van der Waals surface area contributed by atoms with Gasteiger partial charge in [0.05, 0.1) is 23.5 Å². The summed E-state index contributed by atoms with van der Waals surface area (Å²) in [7, 11) is -5.66. The van der Waals surface area contributed by atoms with Gasteiger partial charge in [0.1, 0.15) is 5.75 Å². The molecule has 0 aliphatic heterocycles. The number of methoxy groups -OCH3 is 1. The highest BCUT2D eigenvalue weighted by Gasteiger charge is 2.16. The summed E-state index contributed by atoms with van der Waals surface area (Å²) in [4.78, 5) is 0.128. The molecule has 0 aliphatic carbocycles. The van der Waals surface area contributed by atoms with Crippen LogP contribution >= 0.6 is 0 Å². The molecule has 0 fully saturated rings. The van der Waals surface area contributed by atoms with Gasteiger partial charge in [-0.1, -0.05) is 19.1 Å². The molecule has 0 aliphatic rings. The first kappa shape index (κ1) is 21.7. The van der Waals surface area contributed by atoms with Crippen molar-refractivity contribution in [1.82, 2.24) is 10.2 Å². The number of aryl methyl sites for hydroxylation is 1. The van der Waals surface area contributed by atoms with Gasteiger partial charge in [-0.15, -0.1) is 10.2 Å². The summed E-state index contributed by atoms with van der Waals surface area (Å²) in [5.41, 5.74) is 2.24. The smallest absolute Gasteiger partial charge is 0.261 e. The largest absolute Gasteiger partial charge is 0.496 e. The first-order chi connectivity index (χ1) is 14.2. The molecular weight excluding hydrogens is 426 g/mol. The summed E-state index contributed by atoms with van der Waals surface area (Å²) in [6, 6.07) is 14.1. The van der Waals surface area contributed by atoms with Crippen LogP contribution in [-0.2, 0) is 19.9 Å². The van der Waals surface area contributed by atoms with Crippen LogP contribution in [0.3, 0.4) is 0 Å². The number of nitrogens with zero attached hydrogens (tertiary/aromatic N) is 2. The van der Waals surface area contributed by atoms with E-state index in [9.17, 15) is 16.8 Å². The Kier molecular flexibility index (Phi) is 6.09. The zero-order chi connectivity index (χ0) is 21.9. The number of benzene rings is 2. The van der Waals surface area contributed by atoms with Gasteiger partial charge in [0.25, 0.3) is 10.0 Å². The number of sulfone groups is 1. The number of hydrogen-bond donors (Lipinski definition) is 1. The van der Waals surface area contributed by atoms with Gasteiger partial charge in [0, 0.05) is 11.3 Å². The number of rotatable bonds is 7. The minimum absolute atomic E-state index is 0.0520. The monoisotopic (exact) mass is 447 g/mol. The number of anilines is 1. The summed E-state index contributed by atoms with van der Waals surface area (Å²) in [6.07, 6.45) is 0. The minimum Gasteiger partial charge on any atom is -0.496 e. The molecule has 1 heterocycles. The van der Waals surface area contributed by atoms with E-state index in [2.05, 4.69) is 14.9 Å². The molecule has 0 unspecified atom stereocenters. The predicted molar refractivity (Wildman–Crippen MR) is 114 cm³/mol.